The number of nitrogens with one attached hydrogen (secondary N) is 2. The highest BCUT2D eigenvalue weighted by Crippen LogP contribution is 2.15. The van der Waals surface area contributed by atoms with Crippen LogP contribution in [0.5, 0.6) is 0 Å². The highest BCUT2D eigenvalue weighted by Gasteiger charge is 2.35. The lowest BCUT2D eigenvalue weighted by Gasteiger charge is -2.27. The van der Waals surface area contributed by atoms with E-state index < -0.39 is 5.41 Å². The van der Waals surface area contributed by atoms with Gasteiger partial charge in [0.2, 0.25) is 11.8 Å². The average Bonchev–Trinajstić information content (AvgIpc) is 2.61. The van der Waals surface area contributed by atoms with Crippen LogP contribution in [-0.4, -0.2) is 61.1 Å². The lowest BCUT2D eigenvalue weighted by molar-refractivity contribution is -0.141. The molecule has 2 rings (SSSR count). The van der Waals surface area contributed by atoms with Gasteiger partial charge in [0.15, 0.2) is 0 Å². The minimum Gasteiger partial charge on any atom is -0.379 e. The van der Waals surface area contributed by atoms with Crippen molar-refractivity contribution in [2.24, 2.45) is 5.41 Å². The summed E-state index contributed by atoms with van der Waals surface area (Å²) in [7, 11) is 0. The predicted octanol–water partition coefficient (Wildman–Crippen LogP) is 0.172. The molecular formula is C17H26N4O3. The largest absolute Gasteiger partial charge is 0.379 e. The summed E-state index contributed by atoms with van der Waals surface area (Å²) in [5.41, 5.74) is -0.367. The molecule has 0 saturated carbocycles. The number of carbonyl (C=O) groups is 2. The van der Waals surface area contributed by atoms with Gasteiger partial charge < -0.3 is 15.4 Å². The number of aromatic nitrogens is 1. The number of hydrogen-bond donors (Lipinski definition) is 2. The van der Waals surface area contributed by atoms with Gasteiger partial charge in [0.25, 0.3) is 0 Å². The van der Waals surface area contributed by atoms with Crippen molar-refractivity contribution in [2.75, 3.05) is 39.4 Å². The highest BCUT2D eigenvalue weighted by molar-refractivity contribution is 6.04. The number of rotatable bonds is 7. The van der Waals surface area contributed by atoms with Gasteiger partial charge in [0, 0.05) is 32.4 Å². The van der Waals surface area contributed by atoms with Crippen molar-refractivity contribution in [3.63, 3.8) is 0 Å². The molecule has 1 fully saturated rings. The first-order valence-corrected chi connectivity index (χ1v) is 8.27. The first-order chi connectivity index (χ1) is 11.5. The fourth-order valence-corrected chi connectivity index (χ4v) is 2.37. The van der Waals surface area contributed by atoms with Crippen molar-refractivity contribution >= 4 is 11.8 Å². The summed E-state index contributed by atoms with van der Waals surface area (Å²) in [5.74, 6) is -0.577. The third-order valence-corrected chi connectivity index (χ3v) is 4.11. The maximum absolute atomic E-state index is 12.3. The van der Waals surface area contributed by atoms with E-state index in [1.807, 2.05) is 18.2 Å². The summed E-state index contributed by atoms with van der Waals surface area (Å²) in [6.45, 7) is 8.08. The molecule has 2 amide bonds. The molecule has 2 heterocycles. The van der Waals surface area contributed by atoms with Crippen LogP contribution >= 0.6 is 0 Å². The second-order valence-corrected chi connectivity index (χ2v) is 6.34. The lowest BCUT2D eigenvalue weighted by Crippen LogP contribution is -2.49. The van der Waals surface area contributed by atoms with Gasteiger partial charge in [-0.15, -0.1) is 0 Å². The summed E-state index contributed by atoms with van der Waals surface area (Å²) in [4.78, 5) is 31.0. The number of nitrogens with zero attached hydrogens (tertiary/aromatic N) is 2. The second kappa shape index (κ2) is 8.75. The van der Waals surface area contributed by atoms with E-state index in [-0.39, 0.29) is 11.8 Å². The molecule has 7 heteroatoms. The average molecular weight is 334 g/mol. The summed E-state index contributed by atoms with van der Waals surface area (Å²) in [5, 5.41) is 5.62. The normalized spacial score (nSPS) is 15.8. The van der Waals surface area contributed by atoms with Gasteiger partial charge in [0.05, 0.1) is 25.5 Å². The number of ether oxygens (including phenoxy) is 1. The maximum Gasteiger partial charge on any atom is 0.235 e. The molecule has 132 valence electrons. The van der Waals surface area contributed by atoms with E-state index in [4.69, 9.17) is 4.74 Å². The van der Waals surface area contributed by atoms with E-state index in [9.17, 15) is 9.59 Å². The molecule has 1 aliphatic heterocycles. The topological polar surface area (TPSA) is 83.6 Å². The molecule has 0 spiro atoms. The van der Waals surface area contributed by atoms with E-state index in [2.05, 4.69) is 20.5 Å². The first-order valence-electron chi connectivity index (χ1n) is 8.27. The molecule has 0 unspecified atom stereocenters. The van der Waals surface area contributed by atoms with E-state index in [0.29, 0.717) is 13.1 Å². The zero-order valence-electron chi connectivity index (χ0n) is 14.4. The molecule has 0 aromatic carbocycles. The maximum atomic E-state index is 12.3. The molecule has 0 bridgehead atoms. The SMILES string of the molecule is CC(C)(C(=O)NCCN1CCOCC1)C(=O)NCc1ccccn1. The Labute approximate surface area is 142 Å². The van der Waals surface area contributed by atoms with Crippen LogP contribution in [0.1, 0.15) is 19.5 Å². The monoisotopic (exact) mass is 334 g/mol. The van der Waals surface area contributed by atoms with Crippen LogP contribution in [-0.2, 0) is 20.9 Å². The van der Waals surface area contributed by atoms with Crippen molar-refractivity contribution in [1.82, 2.24) is 20.5 Å². The number of amides is 2. The van der Waals surface area contributed by atoms with E-state index in [0.717, 1.165) is 38.5 Å². The summed E-state index contributed by atoms with van der Waals surface area (Å²) in [6, 6.07) is 5.50. The minimum atomic E-state index is -1.13. The van der Waals surface area contributed by atoms with Crippen LogP contribution in [0.15, 0.2) is 24.4 Å². The summed E-state index contributed by atoms with van der Waals surface area (Å²) >= 11 is 0. The van der Waals surface area contributed by atoms with Gasteiger partial charge in [-0.2, -0.15) is 0 Å². The fraction of sp³-hybridized carbons (Fsp3) is 0.588. The number of hydrogen-bond acceptors (Lipinski definition) is 5. The molecule has 1 aliphatic rings. The van der Waals surface area contributed by atoms with Gasteiger partial charge >= 0.3 is 0 Å². The Morgan fingerprint density at radius 2 is 1.92 bits per heavy atom. The Morgan fingerprint density at radius 3 is 2.58 bits per heavy atom. The van der Waals surface area contributed by atoms with Gasteiger partial charge in [-0.1, -0.05) is 6.07 Å². The van der Waals surface area contributed by atoms with Crippen LogP contribution in [0.25, 0.3) is 0 Å². The molecule has 24 heavy (non-hydrogen) atoms. The Hall–Kier alpha value is -1.99. The minimum absolute atomic E-state index is 0.269. The molecule has 1 aromatic heterocycles. The Kier molecular flexibility index (Phi) is 6.69. The van der Waals surface area contributed by atoms with Crippen molar-refractivity contribution in [2.45, 2.75) is 20.4 Å². The van der Waals surface area contributed by atoms with Crippen LogP contribution in [0, 0.1) is 5.41 Å². The molecule has 1 aromatic rings. The third kappa shape index (κ3) is 5.28. The van der Waals surface area contributed by atoms with Gasteiger partial charge in [-0.05, 0) is 26.0 Å². The summed E-state index contributed by atoms with van der Waals surface area (Å²) in [6.07, 6.45) is 1.67. The standard InChI is InChI=1S/C17H26N4O3/c1-17(2,16(23)20-13-14-5-3-4-6-18-14)15(22)19-7-8-21-9-11-24-12-10-21/h3-6H,7-13H2,1-2H3,(H,19,22)(H,20,23). The molecule has 1 saturated heterocycles. The van der Waals surface area contributed by atoms with Gasteiger partial charge in [0.1, 0.15) is 5.41 Å². The molecule has 7 nitrogen and oxygen atoms in total. The number of carbonyl (C=O) groups excluding carboxylic acids is 2. The van der Waals surface area contributed by atoms with Crippen LogP contribution in [0.2, 0.25) is 0 Å². The van der Waals surface area contributed by atoms with Crippen molar-refractivity contribution in [3.05, 3.63) is 30.1 Å². The molecule has 0 aliphatic carbocycles. The van der Waals surface area contributed by atoms with Crippen LogP contribution in [0.4, 0.5) is 0 Å². The van der Waals surface area contributed by atoms with E-state index in [1.54, 1.807) is 20.0 Å². The van der Waals surface area contributed by atoms with E-state index in [1.165, 1.54) is 0 Å². The van der Waals surface area contributed by atoms with Gasteiger partial charge in [-0.3, -0.25) is 19.5 Å². The van der Waals surface area contributed by atoms with Crippen molar-refractivity contribution in [3.8, 4) is 0 Å². The van der Waals surface area contributed by atoms with Crippen LogP contribution in [0.3, 0.4) is 0 Å². The highest BCUT2D eigenvalue weighted by atomic mass is 16.5. The Bertz CT molecular complexity index is 542. The first kappa shape index (κ1) is 18.4. The Balaban J connectivity index is 1.74. The van der Waals surface area contributed by atoms with Crippen molar-refractivity contribution in [1.29, 1.82) is 0 Å². The second-order valence-electron chi connectivity index (χ2n) is 6.34. The van der Waals surface area contributed by atoms with E-state index >= 15 is 0 Å². The quantitative estimate of drug-likeness (QED) is 0.695. The van der Waals surface area contributed by atoms with Gasteiger partial charge in [-0.25, -0.2) is 0 Å². The Morgan fingerprint density at radius 1 is 1.21 bits per heavy atom. The summed E-state index contributed by atoms with van der Waals surface area (Å²) < 4.78 is 5.29. The molecule has 0 radical (unpaired) electrons. The number of morpholine rings is 1. The zero-order valence-corrected chi connectivity index (χ0v) is 14.4. The molecular weight excluding hydrogens is 308 g/mol. The van der Waals surface area contributed by atoms with Crippen molar-refractivity contribution < 1.29 is 14.3 Å². The number of pyridine rings is 1. The molecule has 2 N–H and O–H groups in total. The zero-order chi connectivity index (χ0) is 17.4. The fourth-order valence-electron chi connectivity index (χ4n) is 2.37. The predicted molar refractivity (Wildman–Crippen MR) is 90.1 cm³/mol. The van der Waals surface area contributed by atoms with Crippen LogP contribution < -0.4 is 10.6 Å². The smallest absolute Gasteiger partial charge is 0.235 e. The lowest BCUT2D eigenvalue weighted by atomic mass is 9.91. The molecule has 0 atom stereocenters. The third-order valence-electron chi connectivity index (χ3n) is 4.11.